The minimum absolute atomic E-state index is 0.0883. The Morgan fingerprint density at radius 2 is 1.93 bits per heavy atom. The maximum Gasteiger partial charge on any atom is 0.346 e. The summed E-state index contributed by atoms with van der Waals surface area (Å²) in [6.07, 6.45) is 3.79. The van der Waals surface area contributed by atoms with E-state index in [1.807, 2.05) is 31.2 Å². The monoisotopic (exact) mass is 371 g/mol. The predicted molar refractivity (Wildman–Crippen MR) is 101 cm³/mol. The summed E-state index contributed by atoms with van der Waals surface area (Å²) in [5.41, 5.74) is 1.53. The summed E-state index contributed by atoms with van der Waals surface area (Å²) in [5, 5.41) is 7.06. The number of aromatic nitrogens is 3. The van der Waals surface area contributed by atoms with Crippen LogP contribution >= 0.6 is 0 Å². The fraction of sp³-hybridized carbons (Fsp3) is 0.474. The average molecular weight is 371 g/mol. The molecule has 0 bridgehead atoms. The molecule has 2 amide bonds. The van der Waals surface area contributed by atoms with E-state index in [2.05, 4.69) is 10.4 Å². The Bertz CT molecular complexity index is 882. The number of fused-ring (bicyclic) bond motifs is 1. The van der Waals surface area contributed by atoms with Crippen LogP contribution in [-0.4, -0.2) is 44.7 Å². The Labute approximate surface area is 157 Å². The van der Waals surface area contributed by atoms with Crippen molar-refractivity contribution in [1.29, 1.82) is 0 Å². The van der Waals surface area contributed by atoms with Crippen molar-refractivity contribution in [1.82, 2.24) is 19.2 Å². The molecule has 0 aliphatic carbocycles. The van der Waals surface area contributed by atoms with Crippen LogP contribution < -0.4 is 11.0 Å². The van der Waals surface area contributed by atoms with Crippen molar-refractivity contribution in [2.45, 2.75) is 45.7 Å². The molecule has 2 aromatic rings. The van der Waals surface area contributed by atoms with Crippen LogP contribution in [0.2, 0.25) is 0 Å². The molecule has 8 nitrogen and oxygen atoms in total. The van der Waals surface area contributed by atoms with Crippen molar-refractivity contribution in [2.75, 3.05) is 18.9 Å². The summed E-state index contributed by atoms with van der Waals surface area (Å²) in [7, 11) is 1.54. The molecule has 3 rings (SSSR count). The quantitative estimate of drug-likeness (QED) is 0.855. The number of benzene rings is 1. The molecule has 1 aromatic carbocycles. The zero-order valence-electron chi connectivity index (χ0n) is 15.8. The van der Waals surface area contributed by atoms with Crippen molar-refractivity contribution in [3.63, 3.8) is 0 Å². The first-order valence-electron chi connectivity index (χ1n) is 9.21. The van der Waals surface area contributed by atoms with Gasteiger partial charge in [0.25, 0.3) is 0 Å². The summed E-state index contributed by atoms with van der Waals surface area (Å²) in [6.45, 7) is 2.37. The van der Waals surface area contributed by atoms with E-state index in [0.717, 1.165) is 37.1 Å². The number of carbonyl (C=O) groups is 2. The molecule has 2 heterocycles. The Morgan fingerprint density at radius 3 is 2.67 bits per heavy atom. The molecule has 0 radical (unpaired) electrons. The smallest absolute Gasteiger partial charge is 0.335 e. The van der Waals surface area contributed by atoms with Gasteiger partial charge in [0.2, 0.25) is 11.8 Å². The fourth-order valence-corrected chi connectivity index (χ4v) is 3.12. The Hall–Kier alpha value is -2.90. The van der Waals surface area contributed by atoms with E-state index in [1.165, 1.54) is 9.58 Å². The summed E-state index contributed by atoms with van der Waals surface area (Å²) in [5.74, 6) is 0.122. The van der Waals surface area contributed by atoms with Gasteiger partial charge in [-0.05, 0) is 31.9 Å². The third kappa shape index (κ3) is 4.64. The van der Waals surface area contributed by atoms with E-state index >= 15 is 0 Å². The molecule has 0 atom stereocenters. The van der Waals surface area contributed by atoms with E-state index in [1.54, 1.807) is 11.6 Å². The number of likely N-dealkylation sites (N-methyl/N-ethyl adjacent to an activating group) is 1. The van der Waals surface area contributed by atoms with Crippen LogP contribution in [0.25, 0.3) is 0 Å². The molecule has 0 unspecified atom stereocenters. The molecule has 8 heteroatoms. The van der Waals surface area contributed by atoms with Gasteiger partial charge in [0.1, 0.15) is 12.4 Å². The van der Waals surface area contributed by atoms with Gasteiger partial charge in [-0.2, -0.15) is 5.10 Å². The Kier molecular flexibility index (Phi) is 5.73. The molecule has 1 aromatic heterocycles. The lowest BCUT2D eigenvalue weighted by molar-refractivity contribution is -0.134. The zero-order chi connectivity index (χ0) is 19.4. The van der Waals surface area contributed by atoms with E-state index in [-0.39, 0.29) is 30.6 Å². The van der Waals surface area contributed by atoms with Crippen LogP contribution in [0.5, 0.6) is 0 Å². The highest BCUT2D eigenvalue weighted by molar-refractivity contribution is 5.94. The van der Waals surface area contributed by atoms with Crippen LogP contribution in [0.3, 0.4) is 0 Å². The van der Waals surface area contributed by atoms with E-state index in [4.69, 9.17) is 0 Å². The van der Waals surface area contributed by atoms with Crippen LogP contribution in [0.4, 0.5) is 5.69 Å². The topological polar surface area (TPSA) is 89.2 Å². The number of nitrogens with one attached hydrogen (secondary N) is 1. The summed E-state index contributed by atoms with van der Waals surface area (Å²) < 4.78 is 2.86. The van der Waals surface area contributed by atoms with Crippen molar-refractivity contribution < 1.29 is 9.59 Å². The molecule has 144 valence electrons. The van der Waals surface area contributed by atoms with Gasteiger partial charge in [0.05, 0.1) is 6.54 Å². The summed E-state index contributed by atoms with van der Waals surface area (Å²) >= 11 is 0. The van der Waals surface area contributed by atoms with Gasteiger partial charge in [-0.15, -0.1) is 0 Å². The van der Waals surface area contributed by atoms with E-state index in [0.29, 0.717) is 12.2 Å². The van der Waals surface area contributed by atoms with Gasteiger partial charge >= 0.3 is 5.69 Å². The molecule has 0 spiro atoms. The second kappa shape index (κ2) is 8.20. The molecular weight excluding hydrogens is 346 g/mol. The first-order chi connectivity index (χ1) is 12.9. The SMILES string of the molecule is Cc1ccc(NC(=O)CN(C)C(=O)Cn2nc3n(c2=O)CCCCC3)cc1. The number of hydrogen-bond donors (Lipinski definition) is 1. The number of aryl methyl sites for hydroxylation is 2. The van der Waals surface area contributed by atoms with Crippen molar-refractivity contribution in [3.8, 4) is 0 Å². The van der Waals surface area contributed by atoms with Crippen LogP contribution in [-0.2, 0) is 29.1 Å². The normalized spacial score (nSPS) is 13.6. The summed E-state index contributed by atoms with van der Waals surface area (Å²) in [6, 6.07) is 7.43. The van der Waals surface area contributed by atoms with Crippen molar-refractivity contribution in [3.05, 3.63) is 46.1 Å². The maximum absolute atomic E-state index is 12.4. The second-order valence-corrected chi connectivity index (χ2v) is 6.98. The van der Waals surface area contributed by atoms with Crippen LogP contribution in [0.1, 0.15) is 30.7 Å². The molecule has 0 saturated carbocycles. The molecule has 27 heavy (non-hydrogen) atoms. The molecular formula is C19H25N5O3. The highest BCUT2D eigenvalue weighted by atomic mass is 16.2. The minimum Gasteiger partial charge on any atom is -0.335 e. The number of amides is 2. The third-order valence-corrected chi connectivity index (χ3v) is 4.71. The molecule has 1 aliphatic rings. The highest BCUT2D eigenvalue weighted by Crippen LogP contribution is 2.10. The van der Waals surface area contributed by atoms with Gasteiger partial charge in [0.15, 0.2) is 0 Å². The fourth-order valence-electron chi connectivity index (χ4n) is 3.12. The summed E-state index contributed by atoms with van der Waals surface area (Å²) in [4.78, 5) is 38.3. The second-order valence-electron chi connectivity index (χ2n) is 6.98. The zero-order valence-corrected chi connectivity index (χ0v) is 15.8. The van der Waals surface area contributed by atoms with Gasteiger partial charge < -0.3 is 10.2 Å². The first kappa shape index (κ1) is 18.9. The average Bonchev–Trinajstić information content (AvgIpc) is 2.80. The van der Waals surface area contributed by atoms with Gasteiger partial charge in [-0.25, -0.2) is 9.48 Å². The Morgan fingerprint density at radius 1 is 1.19 bits per heavy atom. The predicted octanol–water partition coefficient (Wildman–Crippen LogP) is 1.18. The lowest BCUT2D eigenvalue weighted by Gasteiger charge is -2.16. The highest BCUT2D eigenvalue weighted by Gasteiger charge is 2.19. The van der Waals surface area contributed by atoms with Gasteiger partial charge in [-0.3, -0.25) is 14.2 Å². The minimum atomic E-state index is -0.329. The first-order valence-corrected chi connectivity index (χ1v) is 9.21. The van der Waals surface area contributed by atoms with E-state index in [9.17, 15) is 14.4 Å². The van der Waals surface area contributed by atoms with Crippen molar-refractivity contribution >= 4 is 17.5 Å². The molecule has 1 aliphatic heterocycles. The molecule has 0 fully saturated rings. The Balaban J connectivity index is 1.58. The van der Waals surface area contributed by atoms with E-state index < -0.39 is 0 Å². The standard InChI is InChI=1S/C19H25N5O3/c1-14-7-9-15(10-8-14)20-17(25)12-22(2)18(26)13-24-19(27)23-11-5-3-4-6-16(23)21-24/h7-10H,3-6,11-13H2,1-2H3,(H,20,25). The van der Waals surface area contributed by atoms with Gasteiger partial charge in [-0.1, -0.05) is 24.1 Å². The number of carbonyl (C=O) groups excluding carboxylic acids is 2. The lowest BCUT2D eigenvalue weighted by atomic mass is 10.2. The third-order valence-electron chi connectivity index (χ3n) is 4.71. The molecule has 1 N–H and O–H groups in total. The van der Waals surface area contributed by atoms with Crippen LogP contribution in [0.15, 0.2) is 29.1 Å². The largest absolute Gasteiger partial charge is 0.346 e. The molecule has 0 saturated heterocycles. The number of hydrogen-bond acceptors (Lipinski definition) is 4. The number of anilines is 1. The number of nitrogens with zero attached hydrogens (tertiary/aromatic N) is 4. The van der Waals surface area contributed by atoms with Crippen molar-refractivity contribution in [2.24, 2.45) is 0 Å². The van der Waals surface area contributed by atoms with Crippen LogP contribution in [0, 0.1) is 6.92 Å². The van der Waals surface area contributed by atoms with Gasteiger partial charge in [0, 0.05) is 25.7 Å². The lowest BCUT2D eigenvalue weighted by Crippen LogP contribution is -2.39. The number of rotatable bonds is 5. The maximum atomic E-state index is 12.4.